The van der Waals surface area contributed by atoms with Gasteiger partial charge in [-0.15, -0.1) is 11.3 Å². The number of nitrogens with zero attached hydrogens (tertiary/aromatic N) is 1. The van der Waals surface area contributed by atoms with E-state index in [4.69, 9.17) is 16.3 Å². The second kappa shape index (κ2) is 10.3. The molecule has 1 aromatic rings. The van der Waals surface area contributed by atoms with Gasteiger partial charge in [-0.3, -0.25) is 0 Å². The van der Waals surface area contributed by atoms with Crippen LogP contribution in [-0.4, -0.2) is 42.8 Å². The predicted octanol–water partition coefficient (Wildman–Crippen LogP) is 4.20. The molecule has 1 aliphatic carbocycles. The number of ether oxygens (including phenoxy) is 3. The van der Waals surface area contributed by atoms with Gasteiger partial charge in [-0.25, -0.2) is 14.6 Å². The first kappa shape index (κ1) is 19.6. The van der Waals surface area contributed by atoms with E-state index in [1.807, 2.05) is 18.2 Å². The highest BCUT2D eigenvalue weighted by atomic mass is 35.5. The monoisotopic (exact) mass is 385 g/mol. The molecule has 1 unspecified atom stereocenters. The van der Waals surface area contributed by atoms with Crippen molar-refractivity contribution >= 4 is 39.9 Å². The lowest BCUT2D eigenvalue weighted by Crippen LogP contribution is -2.14. The average molecular weight is 386 g/mol. The van der Waals surface area contributed by atoms with Crippen molar-refractivity contribution in [1.29, 1.82) is 0 Å². The first-order chi connectivity index (χ1) is 12.1. The van der Waals surface area contributed by atoms with E-state index in [-0.39, 0.29) is 6.10 Å². The molecule has 0 saturated carbocycles. The summed E-state index contributed by atoms with van der Waals surface area (Å²) in [6, 6.07) is 0. The molecule has 0 radical (unpaired) electrons. The molecule has 0 saturated heterocycles. The Morgan fingerprint density at radius 1 is 1.32 bits per heavy atom. The lowest BCUT2D eigenvalue weighted by molar-refractivity contribution is 0.0595. The standard InChI is InChI=1S/C17H20ClNO5S/c1-22-16(20)14-11-25-15(19-14)12-6-5-7-13(10-12)23-8-3-2-4-9-24-17(18)21/h5-7,11,13H,2-4,8-10H2,1H3. The van der Waals surface area contributed by atoms with E-state index >= 15 is 0 Å². The fourth-order valence-electron chi connectivity index (χ4n) is 2.31. The van der Waals surface area contributed by atoms with Crippen molar-refractivity contribution < 1.29 is 23.8 Å². The second-order valence-corrected chi connectivity index (χ2v) is 6.53. The zero-order valence-electron chi connectivity index (χ0n) is 13.9. The Morgan fingerprint density at radius 2 is 2.12 bits per heavy atom. The molecule has 8 heteroatoms. The predicted molar refractivity (Wildman–Crippen MR) is 96.0 cm³/mol. The number of esters is 1. The van der Waals surface area contributed by atoms with E-state index in [2.05, 4.69) is 14.5 Å². The lowest BCUT2D eigenvalue weighted by atomic mass is 10.0. The highest BCUT2D eigenvalue weighted by molar-refractivity contribution is 7.11. The maximum absolute atomic E-state index is 11.5. The summed E-state index contributed by atoms with van der Waals surface area (Å²) in [5.41, 5.74) is 0.607. The van der Waals surface area contributed by atoms with Gasteiger partial charge >= 0.3 is 11.4 Å². The molecule has 2 rings (SSSR count). The molecule has 0 bridgehead atoms. The molecule has 6 nitrogen and oxygen atoms in total. The third-order valence-electron chi connectivity index (χ3n) is 3.55. The maximum atomic E-state index is 11.5. The Bertz CT molecular complexity index is 655. The minimum absolute atomic E-state index is 0.00820. The minimum atomic E-state index is -0.763. The molecule has 0 aliphatic heterocycles. The Hall–Kier alpha value is -1.70. The van der Waals surface area contributed by atoms with Gasteiger partial charge in [-0.2, -0.15) is 0 Å². The van der Waals surface area contributed by atoms with Crippen LogP contribution in [0.3, 0.4) is 0 Å². The number of carbonyl (C=O) groups excluding carboxylic acids is 2. The zero-order valence-corrected chi connectivity index (χ0v) is 15.5. The third kappa shape index (κ3) is 6.61. The van der Waals surface area contributed by atoms with Gasteiger partial charge in [0.25, 0.3) is 0 Å². The average Bonchev–Trinajstić information content (AvgIpc) is 3.10. The summed E-state index contributed by atoms with van der Waals surface area (Å²) < 4.78 is 15.2. The van der Waals surface area contributed by atoms with E-state index in [0.717, 1.165) is 29.8 Å². The van der Waals surface area contributed by atoms with Crippen molar-refractivity contribution in [3.8, 4) is 0 Å². The van der Waals surface area contributed by atoms with Crippen molar-refractivity contribution in [2.24, 2.45) is 0 Å². The summed E-state index contributed by atoms with van der Waals surface area (Å²) in [4.78, 5) is 26.2. The number of hydrogen-bond acceptors (Lipinski definition) is 7. The first-order valence-electron chi connectivity index (χ1n) is 7.95. The number of unbranched alkanes of at least 4 members (excludes halogenated alkanes) is 2. The zero-order chi connectivity index (χ0) is 18.1. The minimum Gasteiger partial charge on any atom is -0.464 e. The maximum Gasteiger partial charge on any atom is 0.403 e. The molecule has 0 aromatic carbocycles. The molecule has 25 heavy (non-hydrogen) atoms. The third-order valence-corrected chi connectivity index (χ3v) is 4.58. The normalized spacial score (nSPS) is 16.4. The SMILES string of the molecule is COC(=O)c1csc(C2=CC=CC(OCCCCCOC(=O)Cl)C2)n1. The number of hydrogen-bond donors (Lipinski definition) is 0. The molecule has 0 fully saturated rings. The van der Waals surface area contributed by atoms with E-state index in [0.29, 0.717) is 25.3 Å². The number of thiazole rings is 1. The fourth-order valence-corrected chi connectivity index (χ4v) is 3.21. The van der Waals surface area contributed by atoms with Crippen LogP contribution in [0.25, 0.3) is 5.57 Å². The Labute approximate surface area is 155 Å². The lowest BCUT2D eigenvalue weighted by Gasteiger charge is -2.18. The van der Waals surface area contributed by atoms with Gasteiger partial charge in [-0.05, 0) is 24.8 Å². The molecule has 1 atom stereocenters. The van der Waals surface area contributed by atoms with Crippen LogP contribution in [0.15, 0.2) is 23.6 Å². The van der Waals surface area contributed by atoms with E-state index in [9.17, 15) is 9.59 Å². The molecule has 0 spiro atoms. The fraction of sp³-hybridized carbons (Fsp3) is 0.471. The van der Waals surface area contributed by atoms with Gasteiger partial charge in [0.15, 0.2) is 5.69 Å². The quantitative estimate of drug-likeness (QED) is 0.360. The van der Waals surface area contributed by atoms with Crippen LogP contribution in [0, 0.1) is 0 Å². The van der Waals surface area contributed by atoms with Crippen LogP contribution in [0.5, 0.6) is 0 Å². The van der Waals surface area contributed by atoms with Crippen molar-refractivity contribution in [3.05, 3.63) is 34.3 Å². The topological polar surface area (TPSA) is 74.7 Å². The van der Waals surface area contributed by atoms with Crippen LogP contribution in [-0.2, 0) is 14.2 Å². The Morgan fingerprint density at radius 3 is 2.88 bits per heavy atom. The van der Waals surface area contributed by atoms with Crippen molar-refractivity contribution in [2.45, 2.75) is 31.8 Å². The van der Waals surface area contributed by atoms with Crippen LogP contribution in [0.1, 0.15) is 41.2 Å². The summed E-state index contributed by atoms with van der Waals surface area (Å²) in [7, 11) is 1.34. The Kier molecular flexibility index (Phi) is 8.11. The summed E-state index contributed by atoms with van der Waals surface area (Å²) in [5.74, 6) is -0.429. The van der Waals surface area contributed by atoms with Crippen LogP contribution >= 0.6 is 22.9 Å². The van der Waals surface area contributed by atoms with Gasteiger partial charge in [0.1, 0.15) is 5.01 Å². The molecule has 1 aromatic heterocycles. The molecule has 136 valence electrons. The largest absolute Gasteiger partial charge is 0.464 e. The van der Waals surface area contributed by atoms with E-state index < -0.39 is 11.4 Å². The summed E-state index contributed by atoms with van der Waals surface area (Å²) >= 11 is 6.50. The molecule has 1 heterocycles. The van der Waals surface area contributed by atoms with E-state index in [1.165, 1.54) is 18.4 Å². The van der Waals surface area contributed by atoms with Crippen molar-refractivity contribution in [1.82, 2.24) is 4.98 Å². The number of aromatic nitrogens is 1. The summed E-state index contributed by atoms with van der Waals surface area (Å²) in [6.45, 7) is 0.966. The second-order valence-electron chi connectivity index (χ2n) is 5.37. The number of halogens is 1. The van der Waals surface area contributed by atoms with E-state index in [1.54, 1.807) is 5.38 Å². The molecular weight excluding hydrogens is 366 g/mol. The smallest absolute Gasteiger partial charge is 0.403 e. The number of methoxy groups -OCH3 is 1. The molecular formula is C17H20ClNO5S. The van der Waals surface area contributed by atoms with Gasteiger partial charge in [0.05, 0.1) is 19.8 Å². The van der Waals surface area contributed by atoms with Crippen molar-refractivity contribution in [3.63, 3.8) is 0 Å². The number of rotatable bonds is 9. The highest BCUT2D eigenvalue weighted by Gasteiger charge is 2.18. The van der Waals surface area contributed by atoms with Gasteiger partial charge in [-0.1, -0.05) is 18.2 Å². The molecule has 0 N–H and O–H groups in total. The van der Waals surface area contributed by atoms with Gasteiger partial charge < -0.3 is 14.2 Å². The Balaban J connectivity index is 1.71. The molecule has 1 aliphatic rings. The summed E-state index contributed by atoms with van der Waals surface area (Å²) in [6.07, 6.45) is 9.20. The molecule has 0 amide bonds. The van der Waals surface area contributed by atoms with Gasteiger partial charge in [0, 0.05) is 30.0 Å². The highest BCUT2D eigenvalue weighted by Crippen LogP contribution is 2.28. The van der Waals surface area contributed by atoms with Crippen LogP contribution in [0.2, 0.25) is 0 Å². The van der Waals surface area contributed by atoms with Crippen LogP contribution < -0.4 is 0 Å². The van der Waals surface area contributed by atoms with Crippen molar-refractivity contribution in [2.75, 3.05) is 20.3 Å². The van der Waals surface area contributed by atoms with Crippen LogP contribution in [0.4, 0.5) is 4.79 Å². The number of carbonyl (C=O) groups is 2. The van der Waals surface area contributed by atoms with Gasteiger partial charge in [0.2, 0.25) is 0 Å². The first-order valence-corrected chi connectivity index (χ1v) is 9.21. The number of allylic oxidation sites excluding steroid dienone is 2. The summed E-state index contributed by atoms with van der Waals surface area (Å²) in [5, 5.41) is 2.50.